The molecule has 8 heteroatoms. The van der Waals surface area contributed by atoms with Gasteiger partial charge in [0.2, 0.25) is 0 Å². The highest BCUT2D eigenvalue weighted by molar-refractivity contribution is 7.80. The quantitative estimate of drug-likeness (QED) is 0.401. The van der Waals surface area contributed by atoms with Crippen molar-refractivity contribution in [3.05, 3.63) is 45.2 Å². The maximum atomic E-state index is 12.8. The van der Waals surface area contributed by atoms with E-state index in [-0.39, 0.29) is 12.2 Å². The normalized spacial score (nSPS) is 14.7. The van der Waals surface area contributed by atoms with Crippen molar-refractivity contribution in [2.75, 3.05) is 52.5 Å². The molecule has 3 N–H and O–H groups in total. The zero-order valence-electron chi connectivity index (χ0n) is 18.6. The number of aryl methyl sites for hydroxylation is 2. The first-order chi connectivity index (χ1) is 15.0. The third-order valence-electron chi connectivity index (χ3n) is 5.79. The van der Waals surface area contributed by atoms with Gasteiger partial charge < -0.3 is 25.0 Å². The molecule has 1 fully saturated rings. The highest BCUT2D eigenvalue weighted by Gasteiger charge is 2.15. The maximum Gasteiger partial charge on any atom is 0.253 e. The summed E-state index contributed by atoms with van der Waals surface area (Å²) in [4.78, 5) is 20.2. The molecule has 0 amide bonds. The van der Waals surface area contributed by atoms with Crippen molar-refractivity contribution in [2.45, 2.75) is 33.2 Å². The van der Waals surface area contributed by atoms with Crippen LogP contribution >= 0.6 is 12.2 Å². The first-order valence-electron chi connectivity index (χ1n) is 11.1. The summed E-state index contributed by atoms with van der Waals surface area (Å²) < 4.78 is 5.39. The van der Waals surface area contributed by atoms with Crippen LogP contribution in [0.4, 0.5) is 0 Å². The van der Waals surface area contributed by atoms with Crippen LogP contribution in [-0.2, 0) is 11.3 Å². The Kier molecular flexibility index (Phi) is 8.83. The molecule has 0 bridgehead atoms. The molecule has 7 nitrogen and oxygen atoms in total. The number of nitrogens with one attached hydrogen (secondary N) is 2. The smallest absolute Gasteiger partial charge is 0.253 e. The molecule has 1 saturated heterocycles. The number of aliphatic hydroxyl groups excluding tert-OH is 1. The van der Waals surface area contributed by atoms with E-state index in [1.165, 1.54) is 0 Å². The van der Waals surface area contributed by atoms with Crippen LogP contribution in [0.15, 0.2) is 23.0 Å². The van der Waals surface area contributed by atoms with Gasteiger partial charge in [0.1, 0.15) is 0 Å². The number of ether oxygens (including phenoxy) is 1. The van der Waals surface area contributed by atoms with E-state index < -0.39 is 0 Å². The van der Waals surface area contributed by atoms with Gasteiger partial charge in [-0.05, 0) is 62.6 Å². The topological polar surface area (TPSA) is 80.8 Å². The van der Waals surface area contributed by atoms with Crippen molar-refractivity contribution in [3.8, 4) is 0 Å². The summed E-state index contributed by atoms with van der Waals surface area (Å²) in [6, 6.07) is 6.07. The fraction of sp³-hybridized carbons (Fsp3) is 0.565. The van der Waals surface area contributed by atoms with Gasteiger partial charge >= 0.3 is 0 Å². The van der Waals surface area contributed by atoms with Gasteiger partial charge in [-0.15, -0.1) is 0 Å². The van der Waals surface area contributed by atoms with Gasteiger partial charge in [0.15, 0.2) is 5.11 Å². The SMILES string of the molecule is Cc1ccc(C)c2[nH]c(=O)c(CN(CCCO)C(=S)NCCCN3CCOCC3)cc12. The van der Waals surface area contributed by atoms with Gasteiger partial charge in [-0.25, -0.2) is 0 Å². The summed E-state index contributed by atoms with van der Waals surface area (Å²) in [5.41, 5.74) is 3.66. The van der Waals surface area contributed by atoms with E-state index in [1.807, 2.05) is 30.9 Å². The van der Waals surface area contributed by atoms with E-state index in [0.717, 1.165) is 67.8 Å². The number of H-pyrrole nitrogens is 1. The van der Waals surface area contributed by atoms with Crippen molar-refractivity contribution in [1.29, 1.82) is 0 Å². The zero-order chi connectivity index (χ0) is 22.2. The second-order valence-electron chi connectivity index (χ2n) is 8.15. The standard InChI is InChI=1S/C23H34N4O3S/c1-17-5-6-18(2)21-20(17)15-19(22(29)25-21)16-27(9-4-12-28)23(31)24-7-3-8-26-10-13-30-14-11-26/h5-6,15,28H,3-4,7-14,16H2,1-2H3,(H,24,31)(H,25,29). The van der Waals surface area contributed by atoms with Crippen LogP contribution in [0.2, 0.25) is 0 Å². The fourth-order valence-corrected chi connectivity index (χ4v) is 4.15. The Hall–Kier alpha value is -2.00. The molecule has 1 aliphatic rings. The summed E-state index contributed by atoms with van der Waals surface area (Å²) in [6.07, 6.45) is 1.59. The number of aliphatic hydroxyl groups is 1. The summed E-state index contributed by atoms with van der Waals surface area (Å²) in [5.74, 6) is 0. The second kappa shape index (κ2) is 11.6. The molecule has 0 atom stereocenters. The number of hydrogen-bond acceptors (Lipinski definition) is 5. The van der Waals surface area contributed by atoms with Gasteiger partial charge in [-0.3, -0.25) is 9.69 Å². The lowest BCUT2D eigenvalue weighted by atomic mass is 10.0. The Morgan fingerprint density at radius 1 is 1.26 bits per heavy atom. The van der Waals surface area contributed by atoms with Crippen LogP contribution in [0.5, 0.6) is 0 Å². The van der Waals surface area contributed by atoms with Crippen LogP contribution in [0.3, 0.4) is 0 Å². The number of aromatic nitrogens is 1. The highest BCUT2D eigenvalue weighted by atomic mass is 32.1. The molecular weight excluding hydrogens is 412 g/mol. The average molecular weight is 447 g/mol. The Bertz CT molecular complexity index is 940. The molecule has 1 aromatic heterocycles. The zero-order valence-corrected chi connectivity index (χ0v) is 19.4. The monoisotopic (exact) mass is 446 g/mol. The Morgan fingerprint density at radius 2 is 2.00 bits per heavy atom. The molecule has 0 radical (unpaired) electrons. The number of morpholine rings is 1. The minimum Gasteiger partial charge on any atom is -0.396 e. The number of benzene rings is 1. The van der Waals surface area contributed by atoms with Crippen LogP contribution in [0.1, 0.15) is 29.5 Å². The molecule has 0 saturated carbocycles. The lowest BCUT2D eigenvalue weighted by Crippen LogP contribution is -2.42. The van der Waals surface area contributed by atoms with Crippen LogP contribution in [0.25, 0.3) is 10.9 Å². The molecule has 170 valence electrons. The van der Waals surface area contributed by atoms with Gasteiger partial charge in [0.25, 0.3) is 5.56 Å². The molecule has 0 unspecified atom stereocenters. The maximum absolute atomic E-state index is 12.8. The van der Waals surface area contributed by atoms with Gasteiger partial charge in [-0.2, -0.15) is 0 Å². The van der Waals surface area contributed by atoms with E-state index in [9.17, 15) is 9.90 Å². The number of rotatable bonds is 9. The molecular formula is C23H34N4O3S. The molecule has 1 aliphatic heterocycles. The number of fused-ring (bicyclic) bond motifs is 1. The van der Waals surface area contributed by atoms with E-state index in [4.69, 9.17) is 17.0 Å². The van der Waals surface area contributed by atoms with Crippen molar-refractivity contribution in [2.24, 2.45) is 0 Å². The molecule has 31 heavy (non-hydrogen) atoms. The lowest BCUT2D eigenvalue weighted by molar-refractivity contribution is 0.0376. The van der Waals surface area contributed by atoms with E-state index >= 15 is 0 Å². The number of nitrogens with zero attached hydrogens (tertiary/aromatic N) is 2. The number of aromatic amines is 1. The number of hydrogen-bond donors (Lipinski definition) is 3. The molecule has 3 rings (SSSR count). The predicted molar refractivity (Wildman–Crippen MR) is 129 cm³/mol. The minimum atomic E-state index is -0.0923. The lowest BCUT2D eigenvalue weighted by Gasteiger charge is -2.28. The Balaban J connectivity index is 1.64. The van der Waals surface area contributed by atoms with E-state index in [0.29, 0.717) is 30.2 Å². The van der Waals surface area contributed by atoms with Crippen molar-refractivity contribution < 1.29 is 9.84 Å². The molecule has 0 spiro atoms. The van der Waals surface area contributed by atoms with Crippen molar-refractivity contribution in [1.82, 2.24) is 20.1 Å². The van der Waals surface area contributed by atoms with Crippen molar-refractivity contribution in [3.63, 3.8) is 0 Å². The third-order valence-corrected chi connectivity index (χ3v) is 6.19. The average Bonchev–Trinajstić information content (AvgIpc) is 2.78. The number of pyridine rings is 1. The predicted octanol–water partition coefficient (Wildman–Crippen LogP) is 1.93. The van der Waals surface area contributed by atoms with Gasteiger partial charge in [0.05, 0.1) is 25.3 Å². The van der Waals surface area contributed by atoms with Crippen LogP contribution < -0.4 is 10.9 Å². The molecule has 2 aromatic rings. The second-order valence-corrected chi connectivity index (χ2v) is 8.54. The highest BCUT2D eigenvalue weighted by Crippen LogP contribution is 2.20. The van der Waals surface area contributed by atoms with Crippen molar-refractivity contribution >= 4 is 28.2 Å². The summed E-state index contributed by atoms with van der Waals surface area (Å²) in [6.45, 7) is 10.5. The van der Waals surface area contributed by atoms with E-state index in [2.05, 4.69) is 21.3 Å². The largest absolute Gasteiger partial charge is 0.396 e. The fourth-order valence-electron chi connectivity index (χ4n) is 3.89. The summed E-state index contributed by atoms with van der Waals surface area (Å²) in [7, 11) is 0. The minimum absolute atomic E-state index is 0.0858. The van der Waals surface area contributed by atoms with Crippen LogP contribution in [0, 0.1) is 13.8 Å². The van der Waals surface area contributed by atoms with Crippen LogP contribution in [-0.4, -0.2) is 77.5 Å². The molecule has 0 aliphatic carbocycles. The molecule has 2 heterocycles. The van der Waals surface area contributed by atoms with E-state index in [1.54, 1.807) is 0 Å². The first-order valence-corrected chi connectivity index (χ1v) is 11.5. The first kappa shape index (κ1) is 23.7. The third kappa shape index (κ3) is 6.49. The van der Waals surface area contributed by atoms with Gasteiger partial charge in [0, 0.05) is 43.7 Å². The Morgan fingerprint density at radius 3 is 2.74 bits per heavy atom. The summed E-state index contributed by atoms with van der Waals surface area (Å²) >= 11 is 5.63. The number of thiocarbonyl (C=S) groups is 1. The molecule has 1 aromatic carbocycles. The Labute approximate surface area is 189 Å². The summed E-state index contributed by atoms with van der Waals surface area (Å²) in [5, 5.41) is 14.3. The van der Waals surface area contributed by atoms with Gasteiger partial charge in [-0.1, -0.05) is 12.1 Å².